The summed E-state index contributed by atoms with van der Waals surface area (Å²) in [6.45, 7) is 4.16. The van der Waals surface area contributed by atoms with Crippen molar-refractivity contribution in [1.29, 1.82) is 0 Å². The van der Waals surface area contributed by atoms with Gasteiger partial charge in [0.15, 0.2) is 11.5 Å². The summed E-state index contributed by atoms with van der Waals surface area (Å²) in [4.78, 5) is 23.2. The van der Waals surface area contributed by atoms with Crippen molar-refractivity contribution in [3.63, 3.8) is 0 Å². The Morgan fingerprint density at radius 2 is 1.83 bits per heavy atom. The van der Waals surface area contributed by atoms with Crippen molar-refractivity contribution < 1.29 is 14.3 Å². The normalized spacial score (nSPS) is 12.3. The van der Waals surface area contributed by atoms with Gasteiger partial charge in [-0.1, -0.05) is 30.3 Å². The number of anilines is 2. The van der Waals surface area contributed by atoms with E-state index < -0.39 is 0 Å². The van der Waals surface area contributed by atoms with Crippen LogP contribution in [0, 0.1) is 0 Å². The fourth-order valence-corrected chi connectivity index (χ4v) is 3.07. The number of nitrogens with one attached hydrogen (secondary N) is 1. The molecule has 148 valence electrons. The van der Waals surface area contributed by atoms with Gasteiger partial charge in [-0.3, -0.25) is 4.79 Å². The number of aromatic nitrogens is 2. The molecule has 0 saturated heterocycles. The number of hydrogen-bond acceptors (Lipinski definition) is 6. The zero-order valence-corrected chi connectivity index (χ0v) is 16.2. The standard InChI is InChI=1S/C22H22N4O3/c1-2-26(15-16-6-4-3-5-7-16)22(27)18-13-24-21(14-23-18)25-17-8-9-19-20(12-17)29-11-10-28-19/h3-9,12-14H,2,10-11,15H2,1H3,(H,24,25). The Kier molecular flexibility index (Phi) is 5.56. The van der Waals surface area contributed by atoms with E-state index in [2.05, 4.69) is 15.3 Å². The van der Waals surface area contributed by atoms with Crippen LogP contribution < -0.4 is 14.8 Å². The molecule has 7 heteroatoms. The Morgan fingerprint density at radius 3 is 2.55 bits per heavy atom. The molecule has 0 atom stereocenters. The molecule has 0 spiro atoms. The van der Waals surface area contributed by atoms with E-state index in [-0.39, 0.29) is 5.91 Å². The number of ether oxygens (including phenoxy) is 2. The first-order chi connectivity index (χ1) is 14.2. The van der Waals surface area contributed by atoms with Crippen LogP contribution in [0.1, 0.15) is 23.0 Å². The summed E-state index contributed by atoms with van der Waals surface area (Å²) in [7, 11) is 0. The van der Waals surface area contributed by atoms with Gasteiger partial charge >= 0.3 is 0 Å². The van der Waals surface area contributed by atoms with Gasteiger partial charge in [-0.2, -0.15) is 0 Å². The lowest BCUT2D eigenvalue weighted by molar-refractivity contribution is 0.0746. The number of amides is 1. The van der Waals surface area contributed by atoms with Crippen molar-refractivity contribution >= 4 is 17.4 Å². The van der Waals surface area contributed by atoms with Crippen molar-refractivity contribution in [2.45, 2.75) is 13.5 Å². The topological polar surface area (TPSA) is 76.6 Å². The number of fused-ring (bicyclic) bond motifs is 1. The minimum absolute atomic E-state index is 0.144. The minimum atomic E-state index is -0.144. The molecule has 0 aliphatic carbocycles. The second-order valence-corrected chi connectivity index (χ2v) is 6.58. The Hall–Kier alpha value is -3.61. The largest absolute Gasteiger partial charge is 0.486 e. The lowest BCUT2D eigenvalue weighted by Crippen LogP contribution is -2.31. The molecular formula is C22H22N4O3. The predicted molar refractivity (Wildman–Crippen MR) is 110 cm³/mol. The van der Waals surface area contributed by atoms with Gasteiger partial charge in [-0.05, 0) is 24.6 Å². The molecule has 1 N–H and O–H groups in total. The number of carbonyl (C=O) groups excluding carboxylic acids is 1. The van der Waals surface area contributed by atoms with Gasteiger partial charge in [0.05, 0.1) is 12.4 Å². The van der Waals surface area contributed by atoms with Crippen LogP contribution in [0.4, 0.5) is 11.5 Å². The van der Waals surface area contributed by atoms with Crippen molar-refractivity contribution in [3.05, 3.63) is 72.2 Å². The zero-order chi connectivity index (χ0) is 20.1. The third-order valence-electron chi connectivity index (χ3n) is 4.57. The number of benzene rings is 2. The highest BCUT2D eigenvalue weighted by molar-refractivity contribution is 5.92. The van der Waals surface area contributed by atoms with Crippen molar-refractivity contribution in [1.82, 2.24) is 14.9 Å². The highest BCUT2D eigenvalue weighted by Gasteiger charge is 2.17. The number of nitrogens with zero attached hydrogens (tertiary/aromatic N) is 3. The molecular weight excluding hydrogens is 368 g/mol. The third kappa shape index (κ3) is 4.45. The van der Waals surface area contributed by atoms with Crippen LogP contribution in [-0.2, 0) is 6.54 Å². The fourth-order valence-electron chi connectivity index (χ4n) is 3.07. The first kappa shape index (κ1) is 18.7. The molecule has 3 aromatic rings. The molecule has 29 heavy (non-hydrogen) atoms. The van der Waals surface area contributed by atoms with E-state index in [1.165, 1.54) is 6.20 Å². The average Bonchev–Trinajstić information content (AvgIpc) is 2.78. The number of hydrogen-bond donors (Lipinski definition) is 1. The van der Waals surface area contributed by atoms with Gasteiger partial charge in [0.25, 0.3) is 5.91 Å². The van der Waals surface area contributed by atoms with E-state index in [1.54, 1.807) is 11.1 Å². The summed E-state index contributed by atoms with van der Waals surface area (Å²) in [5.41, 5.74) is 2.20. The highest BCUT2D eigenvalue weighted by atomic mass is 16.6. The number of rotatable bonds is 6. The molecule has 0 bridgehead atoms. The van der Waals surface area contributed by atoms with Gasteiger partial charge in [-0.25, -0.2) is 9.97 Å². The van der Waals surface area contributed by atoms with Crippen LogP contribution >= 0.6 is 0 Å². The summed E-state index contributed by atoms with van der Waals surface area (Å²) in [5, 5.41) is 3.17. The molecule has 1 aliphatic rings. The zero-order valence-electron chi connectivity index (χ0n) is 16.2. The Labute approximate surface area is 169 Å². The third-order valence-corrected chi connectivity index (χ3v) is 4.57. The second kappa shape index (κ2) is 8.60. The van der Waals surface area contributed by atoms with Crippen LogP contribution in [0.25, 0.3) is 0 Å². The second-order valence-electron chi connectivity index (χ2n) is 6.58. The SMILES string of the molecule is CCN(Cc1ccccc1)C(=O)c1cnc(Nc2ccc3c(c2)OCCO3)cn1. The van der Waals surface area contributed by atoms with Gasteiger partial charge < -0.3 is 19.7 Å². The van der Waals surface area contributed by atoms with Gasteiger partial charge in [0.2, 0.25) is 0 Å². The summed E-state index contributed by atoms with van der Waals surface area (Å²) in [6.07, 6.45) is 3.05. The molecule has 0 radical (unpaired) electrons. The molecule has 1 aromatic heterocycles. The van der Waals surface area contributed by atoms with E-state index in [0.717, 1.165) is 17.0 Å². The van der Waals surface area contributed by atoms with Crippen molar-refractivity contribution in [2.75, 3.05) is 25.1 Å². The van der Waals surface area contributed by atoms with Crippen molar-refractivity contribution in [2.24, 2.45) is 0 Å². The van der Waals surface area contributed by atoms with E-state index in [4.69, 9.17) is 9.47 Å². The molecule has 0 saturated carbocycles. The molecule has 4 rings (SSSR count). The van der Waals surface area contributed by atoms with E-state index in [9.17, 15) is 4.79 Å². The molecule has 0 unspecified atom stereocenters. The van der Waals surface area contributed by atoms with Crippen molar-refractivity contribution in [3.8, 4) is 11.5 Å². The smallest absolute Gasteiger partial charge is 0.274 e. The first-order valence-corrected chi connectivity index (χ1v) is 9.55. The van der Waals surface area contributed by atoms with Gasteiger partial charge in [0, 0.05) is 24.8 Å². The highest BCUT2D eigenvalue weighted by Crippen LogP contribution is 2.33. The lowest BCUT2D eigenvalue weighted by Gasteiger charge is -2.20. The van der Waals surface area contributed by atoms with E-state index in [1.807, 2.05) is 55.5 Å². The summed E-state index contributed by atoms with van der Waals surface area (Å²) < 4.78 is 11.1. The lowest BCUT2D eigenvalue weighted by atomic mass is 10.2. The predicted octanol–water partition coefficient (Wildman–Crippen LogP) is 3.65. The molecule has 0 fully saturated rings. The van der Waals surface area contributed by atoms with E-state index >= 15 is 0 Å². The maximum absolute atomic E-state index is 12.8. The van der Waals surface area contributed by atoms with Crippen LogP contribution in [0.5, 0.6) is 11.5 Å². The van der Waals surface area contributed by atoms with Gasteiger partial charge in [-0.15, -0.1) is 0 Å². The Morgan fingerprint density at radius 1 is 1.03 bits per heavy atom. The van der Waals surface area contributed by atoms with Crippen LogP contribution in [-0.4, -0.2) is 40.5 Å². The maximum Gasteiger partial charge on any atom is 0.274 e. The minimum Gasteiger partial charge on any atom is -0.486 e. The summed E-state index contributed by atoms with van der Waals surface area (Å²) in [5.74, 6) is 1.83. The summed E-state index contributed by atoms with van der Waals surface area (Å²) in [6, 6.07) is 15.5. The summed E-state index contributed by atoms with van der Waals surface area (Å²) >= 11 is 0. The van der Waals surface area contributed by atoms with Gasteiger partial charge in [0.1, 0.15) is 24.7 Å². The van der Waals surface area contributed by atoms with Crippen LogP contribution in [0.2, 0.25) is 0 Å². The quantitative estimate of drug-likeness (QED) is 0.692. The Balaban J connectivity index is 1.43. The molecule has 2 heterocycles. The molecule has 1 amide bonds. The molecule has 1 aliphatic heterocycles. The van der Waals surface area contributed by atoms with E-state index in [0.29, 0.717) is 43.6 Å². The Bertz CT molecular complexity index is 977. The first-order valence-electron chi connectivity index (χ1n) is 9.55. The number of carbonyl (C=O) groups is 1. The maximum atomic E-state index is 12.8. The fraction of sp³-hybridized carbons (Fsp3) is 0.227. The molecule has 2 aromatic carbocycles. The van der Waals surface area contributed by atoms with Crippen LogP contribution in [0.3, 0.4) is 0 Å². The molecule has 7 nitrogen and oxygen atoms in total. The average molecular weight is 390 g/mol. The van der Waals surface area contributed by atoms with Crippen LogP contribution in [0.15, 0.2) is 60.9 Å². The monoisotopic (exact) mass is 390 g/mol.